The van der Waals surface area contributed by atoms with E-state index in [-0.39, 0.29) is 16.2 Å². The Morgan fingerprint density at radius 3 is 2.60 bits per heavy atom. The number of sulfone groups is 1. The third kappa shape index (κ3) is 3.28. The molecule has 0 saturated carbocycles. The van der Waals surface area contributed by atoms with Gasteiger partial charge >= 0.3 is 0 Å². The summed E-state index contributed by atoms with van der Waals surface area (Å²) in [7, 11) is -3.44. The largest absolute Gasteiger partial charge is 0.308 e. The summed E-state index contributed by atoms with van der Waals surface area (Å²) in [6, 6.07) is 7.93. The van der Waals surface area contributed by atoms with Crippen LogP contribution in [-0.2, 0) is 16.3 Å². The summed E-state index contributed by atoms with van der Waals surface area (Å²) in [5.41, 5.74) is 1.10. The highest BCUT2D eigenvalue weighted by Gasteiger charge is 2.26. The van der Waals surface area contributed by atoms with Crippen LogP contribution in [0.1, 0.15) is 29.3 Å². The number of fused-ring (bicyclic) bond motifs is 1. The monoisotopic (exact) mass is 365 g/mol. The molecule has 25 heavy (non-hydrogen) atoms. The molecule has 0 spiro atoms. The molecule has 0 radical (unpaired) electrons. The van der Waals surface area contributed by atoms with Crippen LogP contribution in [-0.4, -0.2) is 26.6 Å². The zero-order valence-corrected chi connectivity index (χ0v) is 14.4. The van der Waals surface area contributed by atoms with Crippen LogP contribution in [0.4, 0.5) is 14.5 Å². The van der Waals surface area contributed by atoms with Crippen molar-refractivity contribution in [1.82, 2.24) is 0 Å². The number of carbonyl (C=O) groups is 1. The quantitative estimate of drug-likeness (QED) is 0.838. The van der Waals surface area contributed by atoms with Crippen LogP contribution in [0.3, 0.4) is 0 Å². The van der Waals surface area contributed by atoms with Crippen molar-refractivity contribution in [3.63, 3.8) is 0 Å². The van der Waals surface area contributed by atoms with E-state index >= 15 is 0 Å². The van der Waals surface area contributed by atoms with Crippen LogP contribution in [0.15, 0.2) is 41.3 Å². The Labute approximate surface area is 145 Å². The minimum Gasteiger partial charge on any atom is -0.308 e. The Kier molecular flexibility index (Phi) is 4.60. The zero-order valence-electron chi connectivity index (χ0n) is 13.6. The fourth-order valence-electron chi connectivity index (χ4n) is 2.93. The van der Waals surface area contributed by atoms with Crippen LogP contribution < -0.4 is 4.90 Å². The molecule has 1 aliphatic heterocycles. The van der Waals surface area contributed by atoms with Gasteiger partial charge in [-0.2, -0.15) is 0 Å². The number of hydrogen-bond acceptors (Lipinski definition) is 3. The van der Waals surface area contributed by atoms with E-state index < -0.39 is 27.4 Å². The van der Waals surface area contributed by atoms with E-state index in [0.29, 0.717) is 30.6 Å². The van der Waals surface area contributed by atoms with Gasteiger partial charge in [-0.3, -0.25) is 4.79 Å². The molecule has 0 fully saturated rings. The lowest BCUT2D eigenvalue weighted by atomic mass is 10.0. The van der Waals surface area contributed by atoms with Gasteiger partial charge in [0.15, 0.2) is 21.5 Å². The van der Waals surface area contributed by atoms with Crippen molar-refractivity contribution < 1.29 is 22.0 Å². The summed E-state index contributed by atoms with van der Waals surface area (Å²) >= 11 is 0. The van der Waals surface area contributed by atoms with Crippen LogP contribution >= 0.6 is 0 Å². The molecule has 0 aliphatic carbocycles. The van der Waals surface area contributed by atoms with Crippen LogP contribution in [0, 0.1) is 11.6 Å². The number of benzene rings is 2. The topological polar surface area (TPSA) is 54.5 Å². The molecule has 7 heteroatoms. The van der Waals surface area contributed by atoms with Crippen molar-refractivity contribution in [2.75, 3.05) is 17.2 Å². The number of hydrogen-bond donors (Lipinski definition) is 0. The smallest absolute Gasteiger partial charge is 0.258 e. The molecule has 1 heterocycles. The standard InChI is InChI=1S/C18H17F2NO3S/c1-2-25(23,24)14-7-3-5-13(9-14)18(22)21-8-4-6-12-10-15(19)16(20)11-17(12)21/h3,5,7,9-11H,2,4,6,8H2,1H3. The minimum atomic E-state index is -3.44. The Bertz CT molecular complexity index is 941. The highest BCUT2D eigenvalue weighted by Crippen LogP contribution is 2.30. The maximum atomic E-state index is 13.6. The van der Waals surface area contributed by atoms with E-state index in [1.807, 2.05) is 0 Å². The molecular weight excluding hydrogens is 348 g/mol. The predicted octanol–water partition coefficient (Wildman–Crippen LogP) is 3.35. The summed E-state index contributed by atoms with van der Waals surface area (Å²) in [6.07, 6.45) is 1.18. The lowest BCUT2D eigenvalue weighted by molar-refractivity contribution is 0.0985. The number of anilines is 1. The van der Waals surface area contributed by atoms with Crippen molar-refractivity contribution in [3.05, 3.63) is 59.2 Å². The second kappa shape index (κ2) is 6.55. The summed E-state index contributed by atoms with van der Waals surface area (Å²) in [4.78, 5) is 14.3. The number of aryl methyl sites for hydroxylation is 1. The van der Waals surface area contributed by atoms with Gasteiger partial charge in [0.1, 0.15) is 0 Å². The molecule has 0 unspecified atom stereocenters. The fraction of sp³-hybridized carbons (Fsp3) is 0.278. The minimum absolute atomic E-state index is 0.0678. The molecule has 0 N–H and O–H groups in total. The lowest BCUT2D eigenvalue weighted by Crippen LogP contribution is -2.35. The Hall–Kier alpha value is -2.28. The van der Waals surface area contributed by atoms with E-state index in [1.165, 1.54) is 36.1 Å². The second-order valence-electron chi connectivity index (χ2n) is 5.89. The number of rotatable bonds is 3. The average molecular weight is 365 g/mol. The lowest BCUT2D eigenvalue weighted by Gasteiger charge is -2.29. The fourth-order valence-corrected chi connectivity index (χ4v) is 3.86. The predicted molar refractivity (Wildman–Crippen MR) is 90.5 cm³/mol. The molecule has 2 aromatic rings. The zero-order chi connectivity index (χ0) is 18.2. The first kappa shape index (κ1) is 17.5. The molecule has 0 bridgehead atoms. The Balaban J connectivity index is 2.01. The maximum Gasteiger partial charge on any atom is 0.258 e. The van der Waals surface area contributed by atoms with Crippen molar-refractivity contribution in [2.45, 2.75) is 24.7 Å². The summed E-state index contributed by atoms with van der Waals surface area (Å²) in [5, 5.41) is 0. The van der Waals surface area contributed by atoms with Gasteiger partial charge < -0.3 is 4.90 Å². The number of carbonyl (C=O) groups excluding carboxylic acids is 1. The summed E-state index contributed by atoms with van der Waals surface area (Å²) < 4.78 is 51.1. The van der Waals surface area contributed by atoms with Crippen LogP contribution in [0.2, 0.25) is 0 Å². The van der Waals surface area contributed by atoms with Crippen molar-refractivity contribution >= 4 is 21.4 Å². The van der Waals surface area contributed by atoms with E-state index in [0.717, 1.165) is 12.1 Å². The molecule has 0 atom stereocenters. The summed E-state index contributed by atoms with van der Waals surface area (Å²) in [5.74, 6) is -2.45. The van der Waals surface area contributed by atoms with Gasteiger partial charge in [-0.15, -0.1) is 0 Å². The second-order valence-corrected chi connectivity index (χ2v) is 8.16. The van der Waals surface area contributed by atoms with Gasteiger partial charge in [0.2, 0.25) is 0 Å². The van der Waals surface area contributed by atoms with Crippen molar-refractivity contribution in [3.8, 4) is 0 Å². The molecule has 3 rings (SSSR count). The van der Waals surface area contributed by atoms with E-state index in [2.05, 4.69) is 0 Å². The molecule has 0 saturated heterocycles. The molecular formula is C18H17F2NO3S. The molecule has 4 nitrogen and oxygen atoms in total. The van der Waals surface area contributed by atoms with Crippen LogP contribution in [0.5, 0.6) is 0 Å². The first-order valence-corrected chi connectivity index (χ1v) is 9.61. The molecule has 1 aliphatic rings. The number of amides is 1. The van der Waals surface area contributed by atoms with Crippen molar-refractivity contribution in [1.29, 1.82) is 0 Å². The summed E-state index contributed by atoms with van der Waals surface area (Å²) in [6.45, 7) is 1.89. The first-order valence-electron chi connectivity index (χ1n) is 7.96. The van der Waals surface area contributed by atoms with E-state index in [9.17, 15) is 22.0 Å². The van der Waals surface area contributed by atoms with Gasteiger partial charge in [-0.05, 0) is 42.7 Å². The van der Waals surface area contributed by atoms with Crippen LogP contribution in [0.25, 0.3) is 0 Å². The molecule has 0 aromatic heterocycles. The first-order chi connectivity index (χ1) is 11.8. The third-order valence-electron chi connectivity index (χ3n) is 4.31. The number of nitrogens with zero attached hydrogens (tertiary/aromatic N) is 1. The van der Waals surface area contributed by atoms with Gasteiger partial charge in [0, 0.05) is 18.2 Å². The van der Waals surface area contributed by atoms with Gasteiger partial charge in [-0.25, -0.2) is 17.2 Å². The highest BCUT2D eigenvalue weighted by atomic mass is 32.2. The van der Waals surface area contributed by atoms with Gasteiger partial charge in [0.25, 0.3) is 5.91 Å². The third-order valence-corrected chi connectivity index (χ3v) is 6.04. The van der Waals surface area contributed by atoms with Gasteiger partial charge in [0.05, 0.1) is 16.3 Å². The highest BCUT2D eigenvalue weighted by molar-refractivity contribution is 7.91. The average Bonchev–Trinajstić information content (AvgIpc) is 2.62. The maximum absolute atomic E-state index is 13.6. The van der Waals surface area contributed by atoms with E-state index in [4.69, 9.17) is 0 Å². The SMILES string of the molecule is CCS(=O)(=O)c1cccc(C(=O)N2CCCc3cc(F)c(F)cc32)c1. The Morgan fingerprint density at radius 1 is 1.16 bits per heavy atom. The Morgan fingerprint density at radius 2 is 1.88 bits per heavy atom. The van der Waals surface area contributed by atoms with E-state index in [1.54, 1.807) is 0 Å². The molecule has 132 valence electrons. The van der Waals surface area contributed by atoms with Gasteiger partial charge in [-0.1, -0.05) is 13.0 Å². The van der Waals surface area contributed by atoms with Crippen molar-refractivity contribution in [2.24, 2.45) is 0 Å². The number of halogens is 2. The molecule has 1 amide bonds. The molecule has 2 aromatic carbocycles. The normalized spacial score (nSPS) is 14.3.